The van der Waals surface area contributed by atoms with Gasteiger partial charge in [-0.2, -0.15) is 11.8 Å². The van der Waals surface area contributed by atoms with Gasteiger partial charge < -0.3 is 9.47 Å². The molecule has 1 aliphatic heterocycles. The molecule has 1 aliphatic carbocycles. The highest BCUT2D eigenvalue weighted by atomic mass is 32.2. The summed E-state index contributed by atoms with van der Waals surface area (Å²) in [5, 5.41) is 0. The van der Waals surface area contributed by atoms with E-state index in [2.05, 4.69) is 0 Å². The monoisotopic (exact) mass is 286 g/mol. The topological polar surface area (TPSA) is 35.5 Å². The van der Waals surface area contributed by atoms with Crippen LogP contribution in [0.2, 0.25) is 0 Å². The normalized spacial score (nSPS) is 27.4. The standard InChI is InChI=1S/C15H26O3S/c1-12(14(16)17-2)10-19-11-13-6-9-15(18-13)7-4-3-5-8-15/h12-13H,3-11H2,1-2H3. The first-order valence-corrected chi connectivity index (χ1v) is 8.64. The first kappa shape index (κ1) is 15.2. The van der Waals surface area contributed by atoms with E-state index in [0.717, 1.165) is 11.5 Å². The van der Waals surface area contributed by atoms with Crippen LogP contribution in [0, 0.1) is 5.92 Å². The van der Waals surface area contributed by atoms with Crippen molar-refractivity contribution in [1.82, 2.24) is 0 Å². The molecule has 0 aromatic carbocycles. The van der Waals surface area contributed by atoms with Crippen LogP contribution >= 0.6 is 11.8 Å². The zero-order valence-electron chi connectivity index (χ0n) is 12.2. The molecule has 0 radical (unpaired) electrons. The Morgan fingerprint density at radius 1 is 1.37 bits per heavy atom. The van der Waals surface area contributed by atoms with Crippen molar-refractivity contribution in [2.45, 2.75) is 63.6 Å². The third-order valence-corrected chi connectivity index (χ3v) is 5.72. The van der Waals surface area contributed by atoms with E-state index in [1.165, 1.54) is 52.1 Å². The molecule has 110 valence electrons. The van der Waals surface area contributed by atoms with Gasteiger partial charge in [-0.1, -0.05) is 26.2 Å². The predicted octanol–water partition coefficient (Wildman–Crippen LogP) is 3.41. The summed E-state index contributed by atoms with van der Waals surface area (Å²) in [5.41, 5.74) is 0.220. The fourth-order valence-corrected chi connectivity index (χ4v) is 4.35. The van der Waals surface area contributed by atoms with Crippen molar-refractivity contribution in [1.29, 1.82) is 0 Å². The van der Waals surface area contributed by atoms with Gasteiger partial charge in [0.15, 0.2) is 0 Å². The van der Waals surface area contributed by atoms with Crippen molar-refractivity contribution >= 4 is 17.7 Å². The van der Waals surface area contributed by atoms with Crippen LogP contribution in [0.1, 0.15) is 51.9 Å². The van der Waals surface area contributed by atoms with Gasteiger partial charge in [0.25, 0.3) is 0 Å². The van der Waals surface area contributed by atoms with Gasteiger partial charge in [-0.3, -0.25) is 4.79 Å². The number of carbonyl (C=O) groups excluding carboxylic acids is 1. The summed E-state index contributed by atoms with van der Waals surface area (Å²) < 4.78 is 11.1. The zero-order valence-corrected chi connectivity index (χ0v) is 13.0. The number of carbonyl (C=O) groups is 1. The molecule has 0 bridgehead atoms. The Balaban J connectivity index is 1.66. The lowest BCUT2D eigenvalue weighted by Crippen LogP contribution is -2.32. The molecule has 2 atom stereocenters. The molecule has 2 rings (SSSR count). The molecule has 1 spiro atoms. The smallest absolute Gasteiger partial charge is 0.309 e. The maximum absolute atomic E-state index is 11.3. The highest BCUT2D eigenvalue weighted by Crippen LogP contribution is 2.42. The minimum atomic E-state index is -0.108. The van der Waals surface area contributed by atoms with Gasteiger partial charge in [0.2, 0.25) is 0 Å². The number of ether oxygens (including phenoxy) is 2. The lowest BCUT2D eigenvalue weighted by atomic mass is 9.83. The van der Waals surface area contributed by atoms with E-state index < -0.39 is 0 Å². The zero-order chi connectivity index (χ0) is 13.7. The van der Waals surface area contributed by atoms with Crippen LogP contribution in [-0.2, 0) is 14.3 Å². The highest BCUT2D eigenvalue weighted by Gasteiger charge is 2.40. The summed E-state index contributed by atoms with van der Waals surface area (Å²) in [6, 6.07) is 0. The van der Waals surface area contributed by atoms with E-state index in [1.807, 2.05) is 18.7 Å². The van der Waals surface area contributed by atoms with Gasteiger partial charge >= 0.3 is 5.97 Å². The lowest BCUT2D eigenvalue weighted by molar-refractivity contribution is -0.144. The van der Waals surface area contributed by atoms with E-state index >= 15 is 0 Å². The number of hydrogen-bond donors (Lipinski definition) is 0. The fraction of sp³-hybridized carbons (Fsp3) is 0.933. The van der Waals surface area contributed by atoms with Crippen LogP contribution in [0.25, 0.3) is 0 Å². The molecular formula is C15H26O3S. The molecule has 19 heavy (non-hydrogen) atoms. The van der Waals surface area contributed by atoms with Crippen LogP contribution < -0.4 is 0 Å². The van der Waals surface area contributed by atoms with E-state index in [9.17, 15) is 4.79 Å². The van der Waals surface area contributed by atoms with Gasteiger partial charge in [-0.05, 0) is 25.7 Å². The maximum atomic E-state index is 11.3. The average Bonchev–Trinajstić information content (AvgIpc) is 2.81. The van der Waals surface area contributed by atoms with Gasteiger partial charge in [-0.15, -0.1) is 0 Å². The molecule has 4 heteroatoms. The molecule has 0 amide bonds. The Labute approximate surface area is 120 Å². The first-order valence-electron chi connectivity index (χ1n) is 7.49. The van der Waals surface area contributed by atoms with Gasteiger partial charge in [-0.25, -0.2) is 0 Å². The lowest BCUT2D eigenvalue weighted by Gasteiger charge is -2.33. The molecule has 1 saturated carbocycles. The first-order chi connectivity index (χ1) is 9.15. The van der Waals surface area contributed by atoms with Crippen molar-refractivity contribution in [3.8, 4) is 0 Å². The second kappa shape index (κ2) is 6.98. The summed E-state index contributed by atoms with van der Waals surface area (Å²) in [5.74, 6) is 1.73. The van der Waals surface area contributed by atoms with E-state index in [0.29, 0.717) is 6.10 Å². The molecule has 0 N–H and O–H groups in total. The Hall–Kier alpha value is -0.220. The summed E-state index contributed by atoms with van der Waals surface area (Å²) in [4.78, 5) is 11.3. The molecule has 0 aromatic rings. The molecular weight excluding hydrogens is 260 g/mol. The van der Waals surface area contributed by atoms with Crippen molar-refractivity contribution in [3.05, 3.63) is 0 Å². The Morgan fingerprint density at radius 2 is 2.11 bits per heavy atom. The van der Waals surface area contributed by atoms with Crippen molar-refractivity contribution in [2.75, 3.05) is 18.6 Å². The van der Waals surface area contributed by atoms with E-state index in [4.69, 9.17) is 9.47 Å². The van der Waals surface area contributed by atoms with Crippen LogP contribution in [-0.4, -0.2) is 36.3 Å². The summed E-state index contributed by atoms with van der Waals surface area (Å²) in [7, 11) is 1.45. The van der Waals surface area contributed by atoms with E-state index in [-0.39, 0.29) is 17.5 Å². The number of rotatable bonds is 5. The second-order valence-corrected chi connectivity index (χ2v) is 7.06. The number of esters is 1. The molecule has 3 nitrogen and oxygen atoms in total. The SMILES string of the molecule is COC(=O)C(C)CSCC1CCC2(CCCCC2)O1. The minimum absolute atomic E-state index is 0.0138. The summed E-state index contributed by atoms with van der Waals surface area (Å²) in [6.45, 7) is 1.93. The number of methoxy groups -OCH3 is 1. The Bertz CT molecular complexity index is 300. The van der Waals surface area contributed by atoms with Crippen LogP contribution in [0.15, 0.2) is 0 Å². The number of thioether (sulfide) groups is 1. The second-order valence-electron chi connectivity index (χ2n) is 5.98. The minimum Gasteiger partial charge on any atom is -0.469 e. The molecule has 1 heterocycles. The molecule has 2 fully saturated rings. The Morgan fingerprint density at radius 3 is 2.79 bits per heavy atom. The molecule has 1 saturated heterocycles. The largest absolute Gasteiger partial charge is 0.469 e. The molecule has 0 aromatic heterocycles. The van der Waals surface area contributed by atoms with Crippen LogP contribution in [0.4, 0.5) is 0 Å². The quantitative estimate of drug-likeness (QED) is 0.726. The number of hydrogen-bond acceptors (Lipinski definition) is 4. The van der Waals surface area contributed by atoms with Crippen molar-refractivity contribution in [2.24, 2.45) is 5.92 Å². The third kappa shape index (κ3) is 4.12. The maximum Gasteiger partial charge on any atom is 0.309 e. The van der Waals surface area contributed by atoms with Gasteiger partial charge in [0, 0.05) is 11.5 Å². The molecule has 2 unspecified atom stereocenters. The summed E-state index contributed by atoms with van der Waals surface area (Å²) in [6.07, 6.45) is 9.39. The third-order valence-electron chi connectivity index (χ3n) is 4.38. The highest BCUT2D eigenvalue weighted by molar-refractivity contribution is 7.99. The fourth-order valence-electron chi connectivity index (χ4n) is 3.22. The van der Waals surface area contributed by atoms with Gasteiger partial charge in [0.05, 0.1) is 24.7 Å². The molecule has 2 aliphatic rings. The van der Waals surface area contributed by atoms with Crippen LogP contribution in [0.3, 0.4) is 0 Å². The Kier molecular flexibility index (Phi) is 5.58. The van der Waals surface area contributed by atoms with E-state index in [1.54, 1.807) is 0 Å². The predicted molar refractivity (Wildman–Crippen MR) is 78.4 cm³/mol. The van der Waals surface area contributed by atoms with Gasteiger partial charge in [0.1, 0.15) is 0 Å². The van der Waals surface area contributed by atoms with Crippen LogP contribution in [0.5, 0.6) is 0 Å². The van der Waals surface area contributed by atoms with Crippen molar-refractivity contribution < 1.29 is 14.3 Å². The average molecular weight is 286 g/mol. The summed E-state index contributed by atoms with van der Waals surface area (Å²) >= 11 is 1.82. The van der Waals surface area contributed by atoms with Crippen molar-refractivity contribution in [3.63, 3.8) is 0 Å².